The fraction of sp³-hybridized carbons (Fsp3) is 0.304. The number of hydrazine groups is 1. The maximum absolute atomic E-state index is 13.1. The number of hydrogen-bond donors (Lipinski definition) is 3. The smallest absolute Gasteiger partial charge is 0.422 e. The number of carbonyl (C=O) groups is 2. The number of halogens is 3. The highest BCUT2D eigenvalue weighted by Gasteiger charge is 2.31. The molecule has 0 atom stereocenters. The fourth-order valence-corrected chi connectivity index (χ4v) is 3.96. The van der Waals surface area contributed by atoms with Gasteiger partial charge >= 0.3 is 6.18 Å². The normalized spacial score (nSPS) is 14.0. The number of nitrogens with two attached hydrogens (primary N) is 2. The zero-order chi connectivity index (χ0) is 26.7. The summed E-state index contributed by atoms with van der Waals surface area (Å²) in [6.45, 7) is 1.31. The minimum Gasteiger partial charge on any atom is -0.468 e. The Morgan fingerprint density at radius 3 is 2.78 bits per heavy atom. The number of nitrogens with zero attached hydrogens (tertiary/aromatic N) is 5. The topological polar surface area (TPSA) is 144 Å². The monoisotopic (exact) mass is 518 g/mol. The molecule has 37 heavy (non-hydrogen) atoms. The van der Waals surface area contributed by atoms with Gasteiger partial charge in [-0.1, -0.05) is 6.07 Å². The van der Waals surface area contributed by atoms with Crippen LogP contribution in [-0.4, -0.2) is 64.5 Å². The second kappa shape index (κ2) is 10.3. The van der Waals surface area contributed by atoms with Crippen molar-refractivity contribution in [1.82, 2.24) is 19.8 Å². The molecule has 5 N–H and O–H groups in total. The quantitative estimate of drug-likeness (QED) is 0.179. The van der Waals surface area contributed by atoms with Crippen LogP contribution in [0.15, 0.2) is 47.7 Å². The number of nitrogens with one attached hydrogen (secondary N) is 1. The molecule has 1 aliphatic rings. The summed E-state index contributed by atoms with van der Waals surface area (Å²) < 4.78 is 44.4. The second-order valence-corrected chi connectivity index (χ2v) is 8.32. The minimum atomic E-state index is -4.51. The highest BCUT2D eigenvalue weighted by Crippen LogP contribution is 2.30. The maximum Gasteiger partial charge on any atom is 0.422 e. The Morgan fingerprint density at radius 1 is 1.27 bits per heavy atom. The Bertz CT molecular complexity index is 1350. The van der Waals surface area contributed by atoms with E-state index in [9.17, 15) is 22.8 Å². The van der Waals surface area contributed by atoms with Gasteiger partial charge in [-0.3, -0.25) is 9.59 Å². The molecule has 11 nitrogen and oxygen atoms in total. The molecular weight excluding hydrogens is 493 g/mol. The summed E-state index contributed by atoms with van der Waals surface area (Å²) in [6.07, 6.45) is -3.17. The average Bonchev–Trinajstić information content (AvgIpc) is 3.23. The van der Waals surface area contributed by atoms with Crippen molar-refractivity contribution in [2.75, 3.05) is 31.4 Å². The minimum absolute atomic E-state index is 0.183. The van der Waals surface area contributed by atoms with Crippen LogP contribution in [0.3, 0.4) is 0 Å². The van der Waals surface area contributed by atoms with Crippen LogP contribution in [-0.2, 0) is 6.54 Å². The van der Waals surface area contributed by atoms with Gasteiger partial charge in [-0.15, -0.1) is 5.10 Å². The molecule has 196 valence electrons. The molecule has 0 spiro atoms. The van der Waals surface area contributed by atoms with Gasteiger partial charge in [0.05, 0.1) is 16.6 Å². The molecule has 0 unspecified atom stereocenters. The van der Waals surface area contributed by atoms with E-state index < -0.39 is 12.8 Å². The molecule has 4 rings (SSSR count). The number of carbonyl (C=O) groups excluding carboxylic acids is 2. The summed E-state index contributed by atoms with van der Waals surface area (Å²) in [7, 11) is 0. The molecule has 0 saturated heterocycles. The van der Waals surface area contributed by atoms with Crippen LogP contribution in [0.1, 0.15) is 27.8 Å². The lowest BCUT2D eigenvalue weighted by Crippen LogP contribution is -2.44. The number of hydrogen-bond acceptors (Lipinski definition) is 7. The van der Waals surface area contributed by atoms with Crippen molar-refractivity contribution in [2.45, 2.75) is 19.6 Å². The van der Waals surface area contributed by atoms with Gasteiger partial charge in [0.15, 0.2) is 6.61 Å². The molecule has 3 heterocycles. The lowest BCUT2D eigenvalue weighted by molar-refractivity contribution is -0.153. The van der Waals surface area contributed by atoms with Gasteiger partial charge < -0.3 is 25.3 Å². The Kier molecular flexibility index (Phi) is 7.20. The number of benzene rings is 1. The van der Waals surface area contributed by atoms with Gasteiger partial charge in [0.2, 0.25) is 5.88 Å². The van der Waals surface area contributed by atoms with Crippen LogP contribution in [0.5, 0.6) is 5.88 Å². The summed E-state index contributed by atoms with van der Waals surface area (Å²) in [6, 6.07) is 9.60. The summed E-state index contributed by atoms with van der Waals surface area (Å²) >= 11 is 0. The first-order valence-electron chi connectivity index (χ1n) is 11.2. The van der Waals surface area contributed by atoms with Crippen LogP contribution >= 0.6 is 0 Å². The van der Waals surface area contributed by atoms with Crippen molar-refractivity contribution < 1.29 is 27.5 Å². The molecule has 14 heteroatoms. The number of alkyl halides is 3. The first kappa shape index (κ1) is 25.8. The van der Waals surface area contributed by atoms with Crippen molar-refractivity contribution in [3.8, 4) is 5.88 Å². The molecule has 1 aromatic carbocycles. The molecule has 3 aromatic rings. The predicted molar refractivity (Wildman–Crippen MR) is 130 cm³/mol. The van der Waals surface area contributed by atoms with Gasteiger partial charge in [-0.05, 0) is 37.3 Å². The Balaban J connectivity index is 1.40. The third kappa shape index (κ3) is 5.91. The van der Waals surface area contributed by atoms with Crippen molar-refractivity contribution >= 4 is 34.2 Å². The SMILES string of the molecule is C/C(N)=N/N(N)c1cccc(C(=O)NCCN2CCn3c(cc4c(OCC(F)(F)F)nccc43)C2=O)c1. The predicted octanol–water partition coefficient (Wildman–Crippen LogP) is 1.84. The van der Waals surface area contributed by atoms with Gasteiger partial charge in [0.25, 0.3) is 11.8 Å². The lowest BCUT2D eigenvalue weighted by atomic mass is 10.2. The number of amidine groups is 1. The Morgan fingerprint density at radius 2 is 2.05 bits per heavy atom. The van der Waals surface area contributed by atoms with Gasteiger partial charge in [-0.2, -0.15) is 18.3 Å². The van der Waals surface area contributed by atoms with Gasteiger partial charge in [-0.25, -0.2) is 10.8 Å². The molecular formula is C23H25F3N8O3. The molecule has 0 aliphatic carbocycles. The van der Waals surface area contributed by atoms with E-state index in [1.807, 2.05) is 0 Å². The van der Waals surface area contributed by atoms with Crippen LogP contribution < -0.4 is 26.7 Å². The number of fused-ring (bicyclic) bond motifs is 3. The summed E-state index contributed by atoms with van der Waals surface area (Å²) in [5, 5.41) is 8.06. The van der Waals surface area contributed by atoms with Crippen LogP contribution in [0, 0.1) is 0 Å². The first-order chi connectivity index (χ1) is 17.5. The Labute approximate surface area is 209 Å². The average molecular weight is 519 g/mol. The Hall–Kier alpha value is -4.33. The van der Waals surface area contributed by atoms with Crippen molar-refractivity contribution in [3.05, 3.63) is 53.9 Å². The van der Waals surface area contributed by atoms with Gasteiger partial charge in [0, 0.05) is 37.9 Å². The number of rotatable bonds is 8. The molecule has 0 radical (unpaired) electrons. The van der Waals surface area contributed by atoms with Crippen LogP contribution in [0.25, 0.3) is 10.9 Å². The number of ether oxygens (including phenoxy) is 1. The van der Waals surface area contributed by atoms with E-state index in [1.54, 1.807) is 46.7 Å². The first-order valence-corrected chi connectivity index (χ1v) is 11.2. The second-order valence-electron chi connectivity index (χ2n) is 8.32. The van der Waals surface area contributed by atoms with E-state index in [0.717, 1.165) is 5.12 Å². The summed E-state index contributed by atoms with van der Waals surface area (Å²) in [5.74, 6) is 5.21. The van der Waals surface area contributed by atoms with Crippen LogP contribution in [0.2, 0.25) is 0 Å². The van der Waals surface area contributed by atoms with Crippen molar-refractivity contribution in [1.29, 1.82) is 0 Å². The van der Waals surface area contributed by atoms with E-state index in [0.29, 0.717) is 40.9 Å². The molecule has 0 bridgehead atoms. The highest BCUT2D eigenvalue weighted by atomic mass is 19.4. The van der Waals surface area contributed by atoms with E-state index in [-0.39, 0.29) is 36.6 Å². The van der Waals surface area contributed by atoms with E-state index in [1.165, 1.54) is 12.3 Å². The molecule has 2 amide bonds. The number of hydrazone groups is 1. The highest BCUT2D eigenvalue weighted by molar-refractivity contribution is 6.01. The van der Waals surface area contributed by atoms with E-state index >= 15 is 0 Å². The molecule has 0 saturated carbocycles. The third-order valence-corrected chi connectivity index (χ3v) is 5.57. The number of anilines is 1. The largest absolute Gasteiger partial charge is 0.468 e. The molecule has 2 aromatic heterocycles. The van der Waals surface area contributed by atoms with Crippen molar-refractivity contribution in [3.63, 3.8) is 0 Å². The third-order valence-electron chi connectivity index (χ3n) is 5.57. The van der Waals surface area contributed by atoms with Gasteiger partial charge in [0.1, 0.15) is 11.5 Å². The zero-order valence-corrected chi connectivity index (χ0v) is 19.8. The maximum atomic E-state index is 13.1. The summed E-state index contributed by atoms with van der Waals surface area (Å²) in [5.41, 5.74) is 7.21. The fourth-order valence-electron chi connectivity index (χ4n) is 3.96. The van der Waals surface area contributed by atoms with E-state index in [4.69, 9.17) is 16.3 Å². The molecule has 0 fully saturated rings. The lowest BCUT2D eigenvalue weighted by Gasteiger charge is -2.28. The molecule has 1 aliphatic heterocycles. The summed E-state index contributed by atoms with van der Waals surface area (Å²) in [4.78, 5) is 31.1. The zero-order valence-electron chi connectivity index (χ0n) is 19.8. The number of pyridine rings is 1. The standard InChI is InChI=1S/C23H25F3N8O3/c1-14(27)31-34(28)16-4-2-3-15(11-16)20(35)29-7-8-32-9-10-33-18-5-6-30-21(37-13-23(24,25)26)17(18)12-19(33)22(32)36/h2-6,11-12H,7-10,13,28H2,1H3,(H2,27,31)(H,29,35). The van der Waals surface area contributed by atoms with Crippen molar-refractivity contribution in [2.24, 2.45) is 16.7 Å². The van der Waals surface area contributed by atoms with Crippen LogP contribution in [0.4, 0.5) is 18.9 Å². The number of amides is 2. The number of aromatic nitrogens is 2. The van der Waals surface area contributed by atoms with E-state index in [2.05, 4.69) is 15.4 Å².